The van der Waals surface area contributed by atoms with Crippen LogP contribution in [0.5, 0.6) is 5.75 Å². The van der Waals surface area contributed by atoms with Crippen LogP contribution in [0.2, 0.25) is 0 Å². The summed E-state index contributed by atoms with van der Waals surface area (Å²) in [6.45, 7) is 0. The summed E-state index contributed by atoms with van der Waals surface area (Å²) in [6.07, 6.45) is 0. The van der Waals surface area contributed by atoms with Crippen molar-refractivity contribution in [2.24, 2.45) is 0 Å². The van der Waals surface area contributed by atoms with E-state index < -0.39 is 0 Å². The smallest absolute Gasteiger partial charge is 0.236 e. The van der Waals surface area contributed by atoms with Crippen molar-refractivity contribution in [1.29, 1.82) is 0 Å². The van der Waals surface area contributed by atoms with Crippen LogP contribution in [0.25, 0.3) is 10.2 Å². The van der Waals surface area contributed by atoms with Crippen LogP contribution in [0.15, 0.2) is 18.2 Å². The first kappa shape index (κ1) is 11.3. The number of nitrogens with zero attached hydrogens (tertiary/aromatic N) is 1. The van der Waals surface area contributed by atoms with Gasteiger partial charge in [-0.1, -0.05) is 33.3 Å². The quantitative estimate of drug-likeness (QED) is 0.887. The first-order valence-corrected chi connectivity index (χ1v) is 6.47. The number of hydrogen-bond donors (Lipinski definition) is 1. The number of anilines is 1. The highest BCUT2D eigenvalue weighted by atomic mass is 79.9. The van der Waals surface area contributed by atoms with Gasteiger partial charge in [0, 0.05) is 0 Å². The maximum absolute atomic E-state index is 11.2. The van der Waals surface area contributed by atoms with E-state index in [1.165, 1.54) is 11.3 Å². The van der Waals surface area contributed by atoms with Crippen LogP contribution in [0.1, 0.15) is 0 Å². The fourth-order valence-corrected chi connectivity index (χ4v) is 2.33. The minimum Gasteiger partial charge on any atom is -0.494 e. The van der Waals surface area contributed by atoms with Gasteiger partial charge in [-0.2, -0.15) is 0 Å². The fourth-order valence-electron chi connectivity index (χ4n) is 1.29. The summed E-state index contributed by atoms with van der Waals surface area (Å²) in [5.41, 5.74) is 0.778. The zero-order valence-electron chi connectivity index (χ0n) is 8.49. The second-order valence-electron chi connectivity index (χ2n) is 3.01. The van der Waals surface area contributed by atoms with E-state index in [9.17, 15) is 4.79 Å². The molecule has 1 heterocycles. The van der Waals surface area contributed by atoms with E-state index in [-0.39, 0.29) is 11.2 Å². The third kappa shape index (κ3) is 2.17. The lowest BCUT2D eigenvalue weighted by atomic mass is 10.3. The molecule has 4 nitrogen and oxygen atoms in total. The van der Waals surface area contributed by atoms with E-state index in [1.54, 1.807) is 7.11 Å². The monoisotopic (exact) mass is 300 g/mol. The minimum absolute atomic E-state index is 0.113. The van der Waals surface area contributed by atoms with Crippen LogP contribution in [0.3, 0.4) is 0 Å². The summed E-state index contributed by atoms with van der Waals surface area (Å²) in [5, 5.41) is 3.55. The van der Waals surface area contributed by atoms with Crippen LogP contribution >= 0.6 is 27.3 Å². The van der Waals surface area contributed by atoms with Gasteiger partial charge >= 0.3 is 0 Å². The topological polar surface area (TPSA) is 51.2 Å². The van der Waals surface area contributed by atoms with Crippen molar-refractivity contribution in [3.8, 4) is 5.75 Å². The Morgan fingerprint density at radius 3 is 3.12 bits per heavy atom. The SMILES string of the molecule is COc1cccc2sc(NC(=O)CBr)nc12. The van der Waals surface area contributed by atoms with E-state index in [2.05, 4.69) is 26.2 Å². The third-order valence-electron chi connectivity index (χ3n) is 1.97. The van der Waals surface area contributed by atoms with Crippen LogP contribution in [-0.2, 0) is 4.79 Å². The van der Waals surface area contributed by atoms with Crippen molar-refractivity contribution in [3.05, 3.63) is 18.2 Å². The zero-order chi connectivity index (χ0) is 11.5. The molecule has 1 N–H and O–H groups in total. The molecule has 0 atom stereocenters. The number of rotatable bonds is 3. The zero-order valence-corrected chi connectivity index (χ0v) is 10.9. The largest absolute Gasteiger partial charge is 0.494 e. The van der Waals surface area contributed by atoms with Gasteiger partial charge in [0.1, 0.15) is 11.3 Å². The predicted octanol–water partition coefficient (Wildman–Crippen LogP) is 2.64. The highest BCUT2D eigenvalue weighted by molar-refractivity contribution is 9.09. The van der Waals surface area contributed by atoms with Crippen molar-refractivity contribution in [1.82, 2.24) is 4.98 Å². The number of ether oxygens (including phenoxy) is 1. The van der Waals surface area contributed by atoms with Gasteiger partial charge in [0.05, 0.1) is 17.1 Å². The average molecular weight is 301 g/mol. The number of amides is 1. The molecule has 1 aromatic heterocycles. The molecule has 0 saturated carbocycles. The first-order chi connectivity index (χ1) is 7.74. The van der Waals surface area contributed by atoms with Crippen molar-refractivity contribution in [3.63, 3.8) is 0 Å². The molecular formula is C10H9BrN2O2S. The second-order valence-corrected chi connectivity index (χ2v) is 4.60. The number of thiazole rings is 1. The maximum atomic E-state index is 11.2. The Kier molecular flexibility index (Phi) is 3.40. The number of methoxy groups -OCH3 is 1. The van der Waals surface area contributed by atoms with Gasteiger partial charge in [-0.25, -0.2) is 4.98 Å². The lowest BCUT2D eigenvalue weighted by Gasteiger charge is -1.98. The van der Waals surface area contributed by atoms with E-state index >= 15 is 0 Å². The molecule has 0 fully saturated rings. The Balaban J connectivity index is 2.39. The summed E-state index contributed by atoms with van der Waals surface area (Å²) in [7, 11) is 1.60. The Bertz CT molecular complexity index is 527. The Hall–Kier alpha value is -1.14. The van der Waals surface area contributed by atoms with Crippen LogP contribution < -0.4 is 10.1 Å². The molecule has 16 heavy (non-hydrogen) atoms. The average Bonchev–Trinajstić information content (AvgIpc) is 2.70. The number of benzene rings is 1. The summed E-state index contributed by atoms with van der Waals surface area (Å²) >= 11 is 4.51. The summed E-state index contributed by atoms with van der Waals surface area (Å²) in [5.74, 6) is 0.603. The molecule has 0 aliphatic carbocycles. The van der Waals surface area contributed by atoms with Crippen molar-refractivity contribution >= 4 is 48.5 Å². The van der Waals surface area contributed by atoms with Gasteiger partial charge < -0.3 is 10.1 Å². The van der Waals surface area contributed by atoms with Crippen LogP contribution in [-0.4, -0.2) is 23.3 Å². The number of carbonyl (C=O) groups excluding carboxylic acids is 1. The molecule has 1 aromatic carbocycles. The van der Waals surface area contributed by atoms with Crippen molar-refractivity contribution < 1.29 is 9.53 Å². The van der Waals surface area contributed by atoms with Gasteiger partial charge in [0.15, 0.2) is 5.13 Å². The molecule has 2 aromatic rings. The normalized spacial score (nSPS) is 10.4. The number of carbonyl (C=O) groups is 1. The van der Waals surface area contributed by atoms with Crippen LogP contribution in [0, 0.1) is 0 Å². The van der Waals surface area contributed by atoms with E-state index in [4.69, 9.17) is 4.74 Å². The van der Waals surface area contributed by atoms with Gasteiger partial charge in [-0.05, 0) is 12.1 Å². The number of hydrogen-bond acceptors (Lipinski definition) is 4. The molecule has 0 unspecified atom stereocenters. The highest BCUT2D eigenvalue weighted by Crippen LogP contribution is 2.31. The Morgan fingerprint density at radius 2 is 2.44 bits per heavy atom. The van der Waals surface area contributed by atoms with E-state index in [0.29, 0.717) is 10.9 Å². The van der Waals surface area contributed by atoms with Gasteiger partial charge in [-0.3, -0.25) is 4.79 Å². The molecule has 0 aliphatic rings. The first-order valence-electron chi connectivity index (χ1n) is 4.54. The number of para-hydroxylation sites is 1. The lowest BCUT2D eigenvalue weighted by Crippen LogP contribution is -2.11. The van der Waals surface area contributed by atoms with E-state index in [0.717, 1.165) is 10.2 Å². The van der Waals surface area contributed by atoms with Crippen molar-refractivity contribution in [2.75, 3.05) is 17.8 Å². The summed E-state index contributed by atoms with van der Waals surface area (Å²) < 4.78 is 6.18. The number of aromatic nitrogens is 1. The molecule has 0 radical (unpaired) electrons. The van der Waals surface area contributed by atoms with E-state index in [1.807, 2.05) is 18.2 Å². The van der Waals surface area contributed by atoms with Gasteiger partial charge in [-0.15, -0.1) is 0 Å². The number of alkyl halides is 1. The molecule has 0 saturated heterocycles. The second kappa shape index (κ2) is 4.80. The molecule has 1 amide bonds. The lowest BCUT2D eigenvalue weighted by molar-refractivity contribution is -0.113. The molecule has 6 heteroatoms. The molecule has 0 spiro atoms. The third-order valence-corrected chi connectivity index (χ3v) is 3.41. The molecule has 0 aliphatic heterocycles. The van der Waals surface area contributed by atoms with Gasteiger partial charge in [0.2, 0.25) is 5.91 Å². The van der Waals surface area contributed by atoms with Crippen molar-refractivity contribution in [2.45, 2.75) is 0 Å². The summed E-state index contributed by atoms with van der Waals surface area (Å²) in [4.78, 5) is 15.5. The number of fused-ring (bicyclic) bond motifs is 1. The standard InChI is InChI=1S/C10H9BrN2O2S/c1-15-6-3-2-4-7-9(6)13-10(16-7)12-8(14)5-11/h2-4H,5H2,1H3,(H,12,13,14). The number of nitrogens with one attached hydrogen (secondary N) is 1. The molecular weight excluding hydrogens is 292 g/mol. The molecule has 84 valence electrons. The Labute approximate surface area is 105 Å². The predicted molar refractivity (Wildman–Crippen MR) is 68.6 cm³/mol. The van der Waals surface area contributed by atoms with Crippen LogP contribution in [0.4, 0.5) is 5.13 Å². The summed E-state index contributed by atoms with van der Waals surface area (Å²) in [6, 6.07) is 5.69. The molecule has 0 bridgehead atoms. The highest BCUT2D eigenvalue weighted by Gasteiger charge is 2.09. The fraction of sp³-hybridized carbons (Fsp3) is 0.200. The minimum atomic E-state index is -0.113. The Morgan fingerprint density at radius 1 is 1.62 bits per heavy atom. The molecule has 2 rings (SSSR count). The van der Waals surface area contributed by atoms with Gasteiger partial charge in [0.25, 0.3) is 0 Å². The maximum Gasteiger partial charge on any atom is 0.236 e. The number of halogens is 1.